The zero-order valence-electron chi connectivity index (χ0n) is 14.5. The van der Waals surface area contributed by atoms with Crippen molar-refractivity contribution in [2.75, 3.05) is 5.32 Å². The molecular formula is C18H17N7O2. The predicted octanol–water partition coefficient (Wildman–Crippen LogP) is 2.34. The third-order valence-electron chi connectivity index (χ3n) is 3.55. The summed E-state index contributed by atoms with van der Waals surface area (Å²) < 4.78 is 0. The molecule has 0 saturated carbocycles. The van der Waals surface area contributed by atoms with E-state index in [9.17, 15) is 9.59 Å². The lowest BCUT2D eigenvalue weighted by Crippen LogP contribution is -2.27. The van der Waals surface area contributed by atoms with Crippen molar-refractivity contribution in [3.05, 3.63) is 77.4 Å². The van der Waals surface area contributed by atoms with Gasteiger partial charge >= 0.3 is 6.03 Å². The summed E-state index contributed by atoms with van der Waals surface area (Å²) in [4.78, 5) is 35.1. The van der Waals surface area contributed by atoms with Crippen LogP contribution < -0.4 is 16.2 Å². The number of aromatic amines is 2. The van der Waals surface area contributed by atoms with Gasteiger partial charge in [-0.3, -0.25) is 9.89 Å². The van der Waals surface area contributed by atoms with E-state index >= 15 is 0 Å². The second-order valence-electron chi connectivity index (χ2n) is 5.53. The smallest absolute Gasteiger partial charge is 0.308 e. The minimum absolute atomic E-state index is 0.329. The molecular weight excluding hydrogens is 346 g/mol. The van der Waals surface area contributed by atoms with Gasteiger partial charge in [-0.15, -0.1) is 0 Å². The molecule has 3 aromatic heterocycles. The van der Waals surface area contributed by atoms with Gasteiger partial charge < -0.3 is 15.6 Å². The molecule has 2 amide bonds. The quantitative estimate of drug-likeness (QED) is 0.517. The molecule has 9 heteroatoms. The van der Waals surface area contributed by atoms with Gasteiger partial charge in [-0.2, -0.15) is 5.10 Å². The summed E-state index contributed by atoms with van der Waals surface area (Å²) in [6.45, 7) is 5.75. The second-order valence-corrected chi connectivity index (χ2v) is 5.53. The third-order valence-corrected chi connectivity index (χ3v) is 3.55. The van der Waals surface area contributed by atoms with Crippen LogP contribution in [-0.2, 0) is 0 Å². The Bertz CT molecular complexity index is 1090. The molecule has 0 aliphatic rings. The number of H-pyrrole nitrogens is 2. The predicted molar refractivity (Wildman–Crippen MR) is 103 cm³/mol. The van der Waals surface area contributed by atoms with E-state index in [4.69, 9.17) is 0 Å². The Balaban J connectivity index is 1.84. The number of pyridine rings is 1. The van der Waals surface area contributed by atoms with Gasteiger partial charge in [0.1, 0.15) is 12.0 Å². The number of amides is 2. The Morgan fingerprint density at radius 1 is 1.33 bits per heavy atom. The highest BCUT2D eigenvalue weighted by atomic mass is 16.2. The van der Waals surface area contributed by atoms with E-state index in [2.05, 4.69) is 42.4 Å². The number of carbonyl (C=O) groups excluding carboxylic acids is 1. The molecule has 0 atom stereocenters. The van der Waals surface area contributed by atoms with Crippen molar-refractivity contribution in [1.82, 2.24) is 30.5 Å². The van der Waals surface area contributed by atoms with Crippen molar-refractivity contribution >= 4 is 28.3 Å². The van der Waals surface area contributed by atoms with E-state index in [0.29, 0.717) is 33.6 Å². The molecule has 0 radical (unpaired) electrons. The first kappa shape index (κ1) is 17.8. The Hall–Kier alpha value is -4.01. The van der Waals surface area contributed by atoms with Crippen LogP contribution in [0.3, 0.4) is 0 Å². The number of anilines is 1. The molecule has 0 spiro atoms. The molecule has 0 bridgehead atoms. The molecule has 9 nitrogen and oxygen atoms in total. The van der Waals surface area contributed by atoms with E-state index in [1.165, 1.54) is 12.5 Å². The van der Waals surface area contributed by atoms with E-state index in [1.807, 2.05) is 6.92 Å². The monoisotopic (exact) mass is 363 g/mol. The zero-order valence-corrected chi connectivity index (χ0v) is 14.5. The molecule has 4 N–H and O–H groups in total. The molecule has 3 aromatic rings. The number of urea groups is 1. The second kappa shape index (κ2) is 7.91. The van der Waals surface area contributed by atoms with Gasteiger partial charge in [-0.1, -0.05) is 12.7 Å². The summed E-state index contributed by atoms with van der Waals surface area (Å²) in [5, 5.41) is 12.4. The Morgan fingerprint density at radius 3 is 2.93 bits per heavy atom. The molecule has 0 aliphatic carbocycles. The van der Waals surface area contributed by atoms with Crippen molar-refractivity contribution in [3.8, 4) is 0 Å². The number of aromatic nitrogens is 5. The molecule has 0 saturated heterocycles. The fourth-order valence-corrected chi connectivity index (χ4v) is 2.37. The lowest BCUT2D eigenvalue weighted by molar-refractivity contribution is 0.254. The number of nitrogens with one attached hydrogen (secondary N) is 4. The topological polar surface area (TPSA) is 128 Å². The van der Waals surface area contributed by atoms with E-state index < -0.39 is 6.03 Å². The first-order valence-corrected chi connectivity index (χ1v) is 8.00. The van der Waals surface area contributed by atoms with Crippen LogP contribution in [-0.4, -0.2) is 31.2 Å². The molecule has 0 aromatic carbocycles. The zero-order chi connectivity index (χ0) is 19.2. The first-order valence-electron chi connectivity index (χ1n) is 8.00. The number of fused-ring (bicyclic) bond motifs is 1. The number of allylic oxidation sites excluding steroid dienone is 4. The summed E-state index contributed by atoms with van der Waals surface area (Å²) in [6, 6.07) is 1.21. The van der Waals surface area contributed by atoms with Crippen molar-refractivity contribution < 1.29 is 4.79 Å². The Morgan fingerprint density at radius 2 is 2.19 bits per heavy atom. The summed E-state index contributed by atoms with van der Waals surface area (Å²) in [7, 11) is 0. The average molecular weight is 363 g/mol. The van der Waals surface area contributed by atoms with Crippen LogP contribution in [0, 0.1) is 0 Å². The highest BCUT2D eigenvalue weighted by Gasteiger charge is 2.08. The number of hydrogen-bond acceptors (Lipinski definition) is 5. The summed E-state index contributed by atoms with van der Waals surface area (Å²) in [5.74, 6) is 0. The lowest BCUT2D eigenvalue weighted by Gasteiger charge is -2.08. The SMILES string of the molecule is C=C(/C=C(\C=C/C)NC(=O)Nc1cn[nH]c1)c1cc2cncnc2[nH]c1=O. The van der Waals surface area contributed by atoms with Crippen LogP contribution in [0.4, 0.5) is 10.5 Å². The van der Waals surface area contributed by atoms with Gasteiger partial charge in [-0.25, -0.2) is 14.8 Å². The van der Waals surface area contributed by atoms with Gasteiger partial charge in [0.25, 0.3) is 5.56 Å². The average Bonchev–Trinajstić information content (AvgIpc) is 3.14. The molecule has 136 valence electrons. The maximum atomic E-state index is 12.3. The lowest BCUT2D eigenvalue weighted by atomic mass is 10.1. The van der Waals surface area contributed by atoms with Crippen molar-refractivity contribution in [2.24, 2.45) is 0 Å². The number of hydrogen-bond donors (Lipinski definition) is 4. The fraction of sp³-hybridized carbons (Fsp3) is 0.0556. The summed E-state index contributed by atoms with van der Waals surface area (Å²) >= 11 is 0. The standard InChI is InChI=1S/C18H17N7O2/c1-3-4-13(23-18(27)24-14-8-21-22-9-14)5-11(2)15-6-12-7-19-10-20-16(12)25-17(15)26/h3-10H,2H2,1H3,(H,21,22)(H2,23,24,27)(H,19,20,25,26)/b4-3-,13-5+. The normalized spacial score (nSPS) is 11.7. The molecule has 0 fully saturated rings. The van der Waals surface area contributed by atoms with Gasteiger partial charge in [0.15, 0.2) is 0 Å². The summed E-state index contributed by atoms with van der Waals surface area (Å²) in [5.41, 5.74) is 1.89. The Labute approximate surface area is 153 Å². The molecule has 27 heavy (non-hydrogen) atoms. The molecule has 0 unspecified atom stereocenters. The first-order chi connectivity index (χ1) is 13.1. The minimum Gasteiger partial charge on any atom is -0.308 e. The Kier molecular flexibility index (Phi) is 5.22. The van der Waals surface area contributed by atoms with Gasteiger partial charge in [0.2, 0.25) is 0 Å². The molecule has 0 aliphatic heterocycles. The largest absolute Gasteiger partial charge is 0.323 e. The van der Waals surface area contributed by atoms with Gasteiger partial charge in [0, 0.05) is 29.0 Å². The summed E-state index contributed by atoms with van der Waals surface area (Å²) in [6.07, 6.45) is 11.0. The molecule has 3 rings (SSSR count). The molecule has 3 heterocycles. The fourth-order valence-electron chi connectivity index (χ4n) is 2.37. The van der Waals surface area contributed by atoms with Crippen LogP contribution in [0.5, 0.6) is 0 Å². The maximum Gasteiger partial charge on any atom is 0.323 e. The van der Waals surface area contributed by atoms with Crippen LogP contribution in [0.15, 0.2) is 66.3 Å². The van der Waals surface area contributed by atoms with E-state index in [1.54, 1.807) is 36.7 Å². The van der Waals surface area contributed by atoms with E-state index in [-0.39, 0.29) is 5.56 Å². The van der Waals surface area contributed by atoms with Gasteiger partial charge in [0.05, 0.1) is 11.9 Å². The van der Waals surface area contributed by atoms with Crippen LogP contribution >= 0.6 is 0 Å². The number of nitrogens with zero attached hydrogens (tertiary/aromatic N) is 3. The van der Waals surface area contributed by atoms with Gasteiger partial charge in [-0.05, 0) is 30.7 Å². The van der Waals surface area contributed by atoms with Crippen molar-refractivity contribution in [3.63, 3.8) is 0 Å². The number of rotatable bonds is 5. The van der Waals surface area contributed by atoms with Crippen molar-refractivity contribution in [1.29, 1.82) is 0 Å². The van der Waals surface area contributed by atoms with Crippen LogP contribution in [0.2, 0.25) is 0 Å². The maximum absolute atomic E-state index is 12.3. The van der Waals surface area contributed by atoms with E-state index in [0.717, 1.165) is 0 Å². The van der Waals surface area contributed by atoms with Crippen LogP contribution in [0.1, 0.15) is 12.5 Å². The number of carbonyl (C=O) groups is 1. The highest BCUT2D eigenvalue weighted by Crippen LogP contribution is 2.15. The highest BCUT2D eigenvalue weighted by molar-refractivity contribution is 5.91. The van der Waals surface area contributed by atoms with Crippen LogP contribution in [0.25, 0.3) is 16.6 Å². The minimum atomic E-state index is -0.450. The third kappa shape index (κ3) is 4.34. The van der Waals surface area contributed by atoms with Crippen molar-refractivity contribution in [2.45, 2.75) is 6.92 Å².